The summed E-state index contributed by atoms with van der Waals surface area (Å²) in [5.41, 5.74) is 0.755. The van der Waals surface area contributed by atoms with Crippen molar-refractivity contribution >= 4 is 38.9 Å². The standard InChI is InChI=1S/C13H9BrN2O2S/c1-18-9-4-2-3-8(7-15)12(9)16-13(17)10-5-6-11(14)19-10/h2-6H,1H3,(H,16,17). The van der Waals surface area contributed by atoms with Crippen LogP contribution in [-0.2, 0) is 0 Å². The lowest BCUT2D eigenvalue weighted by Gasteiger charge is -2.10. The molecule has 2 rings (SSSR count). The molecular formula is C13H9BrN2O2S. The van der Waals surface area contributed by atoms with Crippen LogP contribution in [0.5, 0.6) is 5.75 Å². The Bertz CT molecular complexity index is 661. The summed E-state index contributed by atoms with van der Waals surface area (Å²) < 4.78 is 6.03. The van der Waals surface area contributed by atoms with Crippen LogP contribution in [0.2, 0.25) is 0 Å². The van der Waals surface area contributed by atoms with Crippen molar-refractivity contribution in [2.45, 2.75) is 0 Å². The van der Waals surface area contributed by atoms with E-state index < -0.39 is 0 Å². The maximum Gasteiger partial charge on any atom is 0.265 e. The van der Waals surface area contributed by atoms with Gasteiger partial charge in [-0.1, -0.05) is 6.07 Å². The van der Waals surface area contributed by atoms with E-state index in [1.807, 2.05) is 6.07 Å². The van der Waals surface area contributed by atoms with E-state index in [2.05, 4.69) is 21.2 Å². The fourth-order valence-electron chi connectivity index (χ4n) is 1.53. The molecule has 1 N–H and O–H groups in total. The summed E-state index contributed by atoms with van der Waals surface area (Å²) >= 11 is 4.63. The molecule has 0 aliphatic carbocycles. The van der Waals surface area contributed by atoms with Gasteiger partial charge in [0, 0.05) is 0 Å². The highest BCUT2D eigenvalue weighted by Crippen LogP contribution is 2.29. The second kappa shape index (κ2) is 5.87. The van der Waals surface area contributed by atoms with Gasteiger partial charge in [-0.25, -0.2) is 0 Å². The Morgan fingerprint density at radius 2 is 2.21 bits per heavy atom. The van der Waals surface area contributed by atoms with E-state index in [-0.39, 0.29) is 5.91 Å². The first-order chi connectivity index (χ1) is 9.15. The van der Waals surface area contributed by atoms with Crippen LogP contribution in [0.4, 0.5) is 5.69 Å². The Balaban J connectivity index is 2.33. The van der Waals surface area contributed by atoms with Crippen LogP contribution in [0.1, 0.15) is 15.2 Å². The minimum Gasteiger partial charge on any atom is -0.495 e. The van der Waals surface area contributed by atoms with Gasteiger partial charge in [0.15, 0.2) is 0 Å². The number of halogens is 1. The number of methoxy groups -OCH3 is 1. The molecule has 1 aromatic carbocycles. The number of nitriles is 1. The summed E-state index contributed by atoms with van der Waals surface area (Å²) in [4.78, 5) is 12.6. The molecular weight excluding hydrogens is 328 g/mol. The van der Waals surface area contributed by atoms with Gasteiger partial charge in [-0.05, 0) is 40.2 Å². The van der Waals surface area contributed by atoms with E-state index in [1.54, 1.807) is 30.3 Å². The lowest BCUT2D eigenvalue weighted by Crippen LogP contribution is -2.12. The lowest BCUT2D eigenvalue weighted by atomic mass is 10.1. The number of hydrogen-bond donors (Lipinski definition) is 1. The number of hydrogen-bond acceptors (Lipinski definition) is 4. The minimum atomic E-state index is -0.267. The third kappa shape index (κ3) is 2.95. The summed E-state index contributed by atoms with van der Waals surface area (Å²) in [6.07, 6.45) is 0. The van der Waals surface area contributed by atoms with Crippen molar-refractivity contribution in [3.63, 3.8) is 0 Å². The van der Waals surface area contributed by atoms with E-state index in [9.17, 15) is 4.79 Å². The zero-order valence-corrected chi connectivity index (χ0v) is 12.3. The third-order valence-corrected chi connectivity index (χ3v) is 4.02. The number of nitrogens with zero attached hydrogens (tertiary/aromatic N) is 1. The molecule has 0 aliphatic rings. The summed E-state index contributed by atoms with van der Waals surface area (Å²) in [5, 5.41) is 11.8. The molecule has 6 heteroatoms. The van der Waals surface area contributed by atoms with Crippen molar-refractivity contribution in [2.75, 3.05) is 12.4 Å². The van der Waals surface area contributed by atoms with Gasteiger partial charge in [0.2, 0.25) is 0 Å². The van der Waals surface area contributed by atoms with Crippen molar-refractivity contribution in [3.05, 3.63) is 44.6 Å². The number of para-hydroxylation sites is 1. The van der Waals surface area contributed by atoms with Crippen molar-refractivity contribution in [3.8, 4) is 11.8 Å². The fraction of sp³-hybridized carbons (Fsp3) is 0.0769. The largest absolute Gasteiger partial charge is 0.495 e. The summed E-state index contributed by atoms with van der Waals surface area (Å²) in [6.45, 7) is 0. The molecule has 0 unspecified atom stereocenters. The van der Waals surface area contributed by atoms with Gasteiger partial charge in [-0.2, -0.15) is 5.26 Å². The average Bonchev–Trinajstić information content (AvgIpc) is 2.85. The highest BCUT2D eigenvalue weighted by Gasteiger charge is 2.14. The number of carbonyl (C=O) groups is 1. The van der Waals surface area contributed by atoms with E-state index in [1.165, 1.54) is 18.4 Å². The summed E-state index contributed by atoms with van der Waals surface area (Å²) in [7, 11) is 1.49. The molecule has 0 saturated heterocycles. The minimum absolute atomic E-state index is 0.267. The molecule has 1 amide bonds. The number of thiophene rings is 1. The highest BCUT2D eigenvalue weighted by atomic mass is 79.9. The maximum atomic E-state index is 12.1. The molecule has 0 bridgehead atoms. The Morgan fingerprint density at radius 1 is 1.42 bits per heavy atom. The zero-order chi connectivity index (χ0) is 13.8. The van der Waals surface area contributed by atoms with Gasteiger partial charge in [-0.15, -0.1) is 11.3 Å². The van der Waals surface area contributed by atoms with Crippen LogP contribution in [0.3, 0.4) is 0 Å². The first kappa shape index (κ1) is 13.6. The second-order valence-corrected chi connectivity index (χ2v) is 6.02. The Hall–Kier alpha value is -1.84. The van der Waals surface area contributed by atoms with Crippen molar-refractivity contribution in [1.82, 2.24) is 0 Å². The Labute approximate surface area is 122 Å². The third-order valence-electron chi connectivity index (χ3n) is 2.40. The first-order valence-corrected chi connectivity index (χ1v) is 6.90. The van der Waals surface area contributed by atoms with Gasteiger partial charge in [-0.3, -0.25) is 4.79 Å². The fourth-order valence-corrected chi connectivity index (χ4v) is 2.82. The normalized spacial score (nSPS) is 9.74. The van der Waals surface area contributed by atoms with E-state index in [4.69, 9.17) is 10.00 Å². The lowest BCUT2D eigenvalue weighted by molar-refractivity contribution is 0.103. The van der Waals surface area contributed by atoms with Crippen LogP contribution in [0.25, 0.3) is 0 Å². The quantitative estimate of drug-likeness (QED) is 0.930. The predicted octanol–water partition coefficient (Wildman–Crippen LogP) is 3.64. The zero-order valence-electron chi connectivity index (χ0n) is 9.94. The molecule has 0 spiro atoms. The van der Waals surface area contributed by atoms with Gasteiger partial charge in [0.25, 0.3) is 5.91 Å². The van der Waals surface area contributed by atoms with Crippen molar-refractivity contribution in [2.24, 2.45) is 0 Å². The van der Waals surface area contributed by atoms with E-state index in [0.717, 1.165) is 3.79 Å². The number of ether oxygens (including phenoxy) is 1. The van der Waals surface area contributed by atoms with Gasteiger partial charge in [0.1, 0.15) is 17.5 Å². The molecule has 0 radical (unpaired) electrons. The maximum absolute atomic E-state index is 12.1. The molecule has 1 heterocycles. The monoisotopic (exact) mass is 336 g/mol. The van der Waals surface area contributed by atoms with Crippen LogP contribution >= 0.6 is 27.3 Å². The number of benzene rings is 1. The van der Waals surface area contributed by atoms with E-state index in [0.29, 0.717) is 21.9 Å². The first-order valence-electron chi connectivity index (χ1n) is 5.29. The molecule has 0 fully saturated rings. The molecule has 96 valence electrons. The second-order valence-electron chi connectivity index (χ2n) is 3.55. The van der Waals surface area contributed by atoms with Gasteiger partial charge < -0.3 is 10.1 Å². The van der Waals surface area contributed by atoms with Crippen LogP contribution in [0, 0.1) is 11.3 Å². The number of rotatable bonds is 3. The average molecular weight is 337 g/mol. The molecule has 4 nitrogen and oxygen atoms in total. The van der Waals surface area contributed by atoms with Crippen LogP contribution < -0.4 is 10.1 Å². The SMILES string of the molecule is COc1cccc(C#N)c1NC(=O)c1ccc(Br)s1. The Kier molecular flexibility index (Phi) is 4.20. The predicted molar refractivity (Wildman–Crippen MR) is 77.7 cm³/mol. The molecule has 1 aromatic heterocycles. The highest BCUT2D eigenvalue weighted by molar-refractivity contribution is 9.11. The van der Waals surface area contributed by atoms with Gasteiger partial charge in [0.05, 0.1) is 21.3 Å². The summed E-state index contributed by atoms with van der Waals surface area (Å²) in [5.74, 6) is 0.194. The molecule has 0 atom stereocenters. The number of carbonyl (C=O) groups excluding carboxylic acids is 1. The smallest absolute Gasteiger partial charge is 0.265 e. The number of amides is 1. The molecule has 0 saturated carbocycles. The molecule has 0 aliphatic heterocycles. The molecule has 19 heavy (non-hydrogen) atoms. The summed E-state index contributed by atoms with van der Waals surface area (Å²) in [6, 6.07) is 10.6. The van der Waals surface area contributed by atoms with Crippen molar-refractivity contribution < 1.29 is 9.53 Å². The topological polar surface area (TPSA) is 62.1 Å². The van der Waals surface area contributed by atoms with Gasteiger partial charge >= 0.3 is 0 Å². The van der Waals surface area contributed by atoms with Crippen molar-refractivity contribution in [1.29, 1.82) is 5.26 Å². The van der Waals surface area contributed by atoms with Crippen LogP contribution in [0.15, 0.2) is 34.1 Å². The number of nitrogens with one attached hydrogen (secondary N) is 1. The van der Waals surface area contributed by atoms with Crippen LogP contribution in [-0.4, -0.2) is 13.0 Å². The molecule has 2 aromatic rings. The Morgan fingerprint density at radius 3 is 2.79 bits per heavy atom. The number of anilines is 1. The van der Waals surface area contributed by atoms with E-state index >= 15 is 0 Å².